The van der Waals surface area contributed by atoms with Gasteiger partial charge in [-0.05, 0) is 32.9 Å². The summed E-state index contributed by atoms with van der Waals surface area (Å²) in [6, 6.07) is 6.00. The van der Waals surface area contributed by atoms with Gasteiger partial charge in [-0.15, -0.1) is 0 Å². The molecule has 1 aromatic rings. The van der Waals surface area contributed by atoms with Crippen molar-refractivity contribution >= 4 is 11.7 Å². The lowest BCUT2D eigenvalue weighted by molar-refractivity contribution is 0.174. The number of amides is 2. The highest BCUT2D eigenvalue weighted by atomic mass is 16.7. The topological polar surface area (TPSA) is 54.0 Å². The lowest BCUT2D eigenvalue weighted by Gasteiger charge is -2.37. The van der Waals surface area contributed by atoms with E-state index < -0.39 is 0 Å². The first-order chi connectivity index (χ1) is 10.4. The van der Waals surface area contributed by atoms with Crippen LogP contribution >= 0.6 is 0 Å². The Balaban J connectivity index is 1.59. The molecular weight excluding hydrogens is 282 g/mol. The van der Waals surface area contributed by atoms with Gasteiger partial charge in [-0.1, -0.05) is 0 Å². The zero-order chi connectivity index (χ0) is 15.7. The molecule has 2 aliphatic heterocycles. The minimum Gasteiger partial charge on any atom is -0.454 e. The largest absolute Gasteiger partial charge is 0.454 e. The number of rotatable bonds is 1. The summed E-state index contributed by atoms with van der Waals surface area (Å²) in [5.74, 6) is 1.59. The Bertz CT molecular complexity index is 560. The molecule has 0 aromatic heterocycles. The molecule has 2 aliphatic rings. The molecule has 0 saturated carbocycles. The summed E-state index contributed by atoms with van der Waals surface area (Å²) in [7, 11) is 0. The molecule has 1 fully saturated rings. The van der Waals surface area contributed by atoms with Crippen LogP contribution in [0.15, 0.2) is 18.2 Å². The van der Waals surface area contributed by atoms with Gasteiger partial charge in [0.05, 0.1) is 0 Å². The third kappa shape index (κ3) is 3.21. The number of nitrogens with zero attached hydrogens (tertiary/aromatic N) is 2. The van der Waals surface area contributed by atoms with Crippen molar-refractivity contribution in [3.05, 3.63) is 18.2 Å². The van der Waals surface area contributed by atoms with Crippen molar-refractivity contribution in [2.75, 3.05) is 37.9 Å². The molecule has 0 unspecified atom stereocenters. The second kappa shape index (κ2) is 5.59. The highest BCUT2D eigenvalue weighted by Gasteiger charge is 2.25. The first-order valence-corrected chi connectivity index (χ1v) is 7.64. The summed E-state index contributed by atoms with van der Waals surface area (Å²) in [6.45, 7) is 9.34. The lowest BCUT2D eigenvalue weighted by atomic mass is 10.1. The fourth-order valence-electron chi connectivity index (χ4n) is 2.65. The predicted molar refractivity (Wildman–Crippen MR) is 84.6 cm³/mol. The number of piperazine rings is 1. The average Bonchev–Trinajstić information content (AvgIpc) is 2.93. The van der Waals surface area contributed by atoms with Crippen LogP contribution < -0.4 is 19.7 Å². The number of hydrogen-bond donors (Lipinski definition) is 1. The Morgan fingerprint density at radius 2 is 1.77 bits per heavy atom. The number of nitrogens with one attached hydrogen (secondary N) is 1. The molecule has 3 rings (SSSR count). The summed E-state index contributed by atoms with van der Waals surface area (Å²) in [5, 5.41) is 3.01. The van der Waals surface area contributed by atoms with Crippen molar-refractivity contribution in [3.8, 4) is 11.5 Å². The van der Waals surface area contributed by atoms with E-state index in [1.165, 1.54) is 0 Å². The number of benzene rings is 1. The maximum atomic E-state index is 12.2. The number of carbonyl (C=O) groups is 1. The molecule has 2 heterocycles. The van der Waals surface area contributed by atoms with E-state index in [0.717, 1.165) is 43.4 Å². The van der Waals surface area contributed by atoms with Gasteiger partial charge >= 0.3 is 6.03 Å². The van der Waals surface area contributed by atoms with Crippen LogP contribution in [0.5, 0.6) is 11.5 Å². The van der Waals surface area contributed by atoms with Gasteiger partial charge in [-0.3, -0.25) is 0 Å². The fourth-order valence-corrected chi connectivity index (χ4v) is 2.65. The maximum absolute atomic E-state index is 12.2. The quantitative estimate of drug-likeness (QED) is 0.863. The highest BCUT2D eigenvalue weighted by molar-refractivity contribution is 5.75. The number of anilines is 1. The molecular formula is C16H23N3O3. The van der Waals surface area contributed by atoms with Crippen LogP contribution in [-0.4, -0.2) is 49.4 Å². The van der Waals surface area contributed by atoms with Crippen molar-refractivity contribution in [3.63, 3.8) is 0 Å². The molecule has 120 valence electrons. The Morgan fingerprint density at radius 1 is 1.09 bits per heavy atom. The van der Waals surface area contributed by atoms with Crippen molar-refractivity contribution in [2.45, 2.75) is 26.3 Å². The monoisotopic (exact) mass is 305 g/mol. The van der Waals surface area contributed by atoms with Gasteiger partial charge in [-0.2, -0.15) is 0 Å². The Kier molecular flexibility index (Phi) is 3.76. The molecule has 6 nitrogen and oxygen atoms in total. The number of carbonyl (C=O) groups excluding carboxylic acids is 1. The van der Waals surface area contributed by atoms with E-state index in [-0.39, 0.29) is 11.6 Å². The third-order valence-corrected chi connectivity index (χ3v) is 3.77. The van der Waals surface area contributed by atoms with E-state index in [1.54, 1.807) is 0 Å². The van der Waals surface area contributed by atoms with E-state index in [9.17, 15) is 4.79 Å². The minimum atomic E-state index is -0.203. The van der Waals surface area contributed by atoms with Crippen LogP contribution in [0.2, 0.25) is 0 Å². The highest BCUT2D eigenvalue weighted by Crippen LogP contribution is 2.35. The van der Waals surface area contributed by atoms with E-state index in [2.05, 4.69) is 10.2 Å². The molecule has 6 heteroatoms. The summed E-state index contributed by atoms with van der Waals surface area (Å²) >= 11 is 0. The van der Waals surface area contributed by atoms with Gasteiger partial charge in [-0.25, -0.2) is 4.79 Å². The van der Waals surface area contributed by atoms with Crippen LogP contribution in [0.4, 0.5) is 10.5 Å². The first-order valence-electron chi connectivity index (χ1n) is 7.64. The van der Waals surface area contributed by atoms with E-state index >= 15 is 0 Å². The van der Waals surface area contributed by atoms with Gasteiger partial charge in [0.1, 0.15) is 0 Å². The van der Waals surface area contributed by atoms with Crippen LogP contribution in [0.25, 0.3) is 0 Å². The lowest BCUT2D eigenvalue weighted by Crippen LogP contribution is -2.55. The zero-order valence-corrected chi connectivity index (χ0v) is 13.4. The molecule has 0 bridgehead atoms. The molecule has 0 radical (unpaired) electrons. The average molecular weight is 305 g/mol. The van der Waals surface area contributed by atoms with Crippen LogP contribution in [0.1, 0.15) is 20.8 Å². The van der Waals surface area contributed by atoms with Crippen molar-refractivity contribution in [2.24, 2.45) is 0 Å². The predicted octanol–water partition coefficient (Wildman–Crippen LogP) is 2.05. The van der Waals surface area contributed by atoms with Crippen molar-refractivity contribution < 1.29 is 14.3 Å². The Labute approximate surface area is 131 Å². The van der Waals surface area contributed by atoms with Crippen LogP contribution in [0, 0.1) is 0 Å². The van der Waals surface area contributed by atoms with Crippen molar-refractivity contribution in [1.82, 2.24) is 10.2 Å². The van der Waals surface area contributed by atoms with Crippen molar-refractivity contribution in [1.29, 1.82) is 0 Å². The SMILES string of the molecule is CC(C)(C)NC(=O)N1CCN(c2ccc3c(c2)OCO3)CC1. The van der Waals surface area contributed by atoms with Gasteiger partial charge in [0.25, 0.3) is 0 Å². The standard InChI is InChI=1S/C16H23N3O3/c1-16(2,3)17-15(20)19-8-6-18(7-9-19)12-4-5-13-14(10-12)22-11-21-13/h4-5,10H,6-9,11H2,1-3H3,(H,17,20). The van der Waals surface area contributed by atoms with Gasteiger partial charge < -0.3 is 24.6 Å². The minimum absolute atomic E-state index is 0.0119. The Morgan fingerprint density at radius 3 is 2.45 bits per heavy atom. The summed E-state index contributed by atoms with van der Waals surface area (Å²) < 4.78 is 10.8. The summed E-state index contributed by atoms with van der Waals surface area (Å²) in [5.41, 5.74) is 0.908. The molecule has 1 saturated heterocycles. The summed E-state index contributed by atoms with van der Waals surface area (Å²) in [4.78, 5) is 16.3. The second-order valence-electron chi connectivity index (χ2n) is 6.69. The third-order valence-electron chi connectivity index (χ3n) is 3.77. The number of urea groups is 1. The molecule has 0 aliphatic carbocycles. The second-order valence-corrected chi connectivity index (χ2v) is 6.69. The molecule has 0 spiro atoms. The molecule has 2 amide bonds. The van der Waals surface area contributed by atoms with Crippen LogP contribution in [-0.2, 0) is 0 Å². The normalized spacial score (nSPS) is 17.6. The Hall–Kier alpha value is -2.11. The van der Waals surface area contributed by atoms with Gasteiger partial charge in [0.2, 0.25) is 6.79 Å². The molecule has 1 aromatic carbocycles. The van der Waals surface area contributed by atoms with Gasteiger partial charge in [0.15, 0.2) is 11.5 Å². The summed E-state index contributed by atoms with van der Waals surface area (Å²) in [6.07, 6.45) is 0. The van der Waals surface area contributed by atoms with Crippen LogP contribution in [0.3, 0.4) is 0 Å². The van der Waals surface area contributed by atoms with E-state index in [1.807, 2.05) is 43.9 Å². The number of ether oxygens (including phenoxy) is 2. The molecule has 1 N–H and O–H groups in total. The van der Waals surface area contributed by atoms with E-state index in [4.69, 9.17) is 9.47 Å². The van der Waals surface area contributed by atoms with Gasteiger partial charge in [0, 0.05) is 43.5 Å². The number of hydrogen-bond acceptors (Lipinski definition) is 4. The maximum Gasteiger partial charge on any atom is 0.317 e. The molecule has 22 heavy (non-hydrogen) atoms. The first kappa shape index (κ1) is 14.8. The molecule has 0 atom stereocenters. The van der Waals surface area contributed by atoms with E-state index in [0.29, 0.717) is 6.79 Å². The number of fused-ring (bicyclic) bond motifs is 1. The zero-order valence-electron chi connectivity index (χ0n) is 13.4. The fraction of sp³-hybridized carbons (Fsp3) is 0.562. The smallest absolute Gasteiger partial charge is 0.317 e.